The standard InChI is InChI=1S/C16H15Cl2N3O3S/c17-12-4-6-15(19-10-12)20-16(22)11-3-5-13(18)14(9-11)21-7-1-2-8-25(21,23)24/h3-6,9-10H,1-2,7-8H2,(H,19,20,22). The van der Waals surface area contributed by atoms with Gasteiger partial charge in [0.2, 0.25) is 10.0 Å². The molecular weight excluding hydrogens is 385 g/mol. The molecule has 6 nitrogen and oxygen atoms in total. The highest BCUT2D eigenvalue weighted by Crippen LogP contribution is 2.31. The molecule has 0 saturated carbocycles. The van der Waals surface area contributed by atoms with Crippen LogP contribution in [0.25, 0.3) is 0 Å². The lowest BCUT2D eigenvalue weighted by Crippen LogP contribution is -2.38. The number of carbonyl (C=O) groups is 1. The fourth-order valence-electron chi connectivity index (χ4n) is 2.54. The number of aromatic nitrogens is 1. The Kier molecular flexibility index (Phi) is 5.17. The molecule has 1 aliphatic heterocycles. The van der Waals surface area contributed by atoms with Crippen molar-refractivity contribution in [3.8, 4) is 0 Å². The lowest BCUT2D eigenvalue weighted by molar-refractivity contribution is 0.102. The van der Waals surface area contributed by atoms with Gasteiger partial charge in [0.15, 0.2) is 0 Å². The third-order valence-corrected chi connectivity index (χ3v) is 6.19. The first kappa shape index (κ1) is 18.0. The fraction of sp³-hybridized carbons (Fsp3) is 0.250. The summed E-state index contributed by atoms with van der Waals surface area (Å²) < 4.78 is 25.8. The quantitative estimate of drug-likeness (QED) is 0.855. The summed E-state index contributed by atoms with van der Waals surface area (Å²) in [6.07, 6.45) is 2.80. The Morgan fingerprint density at radius 1 is 1.16 bits per heavy atom. The van der Waals surface area contributed by atoms with Crippen LogP contribution in [0, 0.1) is 0 Å². The van der Waals surface area contributed by atoms with Crippen LogP contribution in [0.3, 0.4) is 0 Å². The number of hydrogen-bond donors (Lipinski definition) is 1. The zero-order chi connectivity index (χ0) is 18.0. The van der Waals surface area contributed by atoms with Gasteiger partial charge in [-0.3, -0.25) is 9.10 Å². The van der Waals surface area contributed by atoms with Crippen LogP contribution in [0.4, 0.5) is 11.5 Å². The topological polar surface area (TPSA) is 79.4 Å². The molecule has 1 fully saturated rings. The minimum absolute atomic E-state index is 0.0778. The molecule has 2 heterocycles. The molecule has 132 valence electrons. The molecule has 1 aliphatic rings. The second-order valence-corrected chi connectivity index (χ2v) is 8.43. The van der Waals surface area contributed by atoms with Gasteiger partial charge in [-0.15, -0.1) is 0 Å². The number of halogens is 2. The van der Waals surface area contributed by atoms with Crippen molar-refractivity contribution in [3.63, 3.8) is 0 Å². The highest BCUT2D eigenvalue weighted by molar-refractivity contribution is 7.92. The number of pyridine rings is 1. The van der Waals surface area contributed by atoms with Gasteiger partial charge in [-0.05, 0) is 43.2 Å². The number of benzene rings is 1. The van der Waals surface area contributed by atoms with E-state index in [9.17, 15) is 13.2 Å². The van der Waals surface area contributed by atoms with Crippen molar-refractivity contribution in [1.29, 1.82) is 0 Å². The van der Waals surface area contributed by atoms with Crippen LogP contribution in [-0.2, 0) is 10.0 Å². The number of rotatable bonds is 3. The molecule has 25 heavy (non-hydrogen) atoms. The minimum atomic E-state index is -3.42. The van der Waals surface area contributed by atoms with E-state index in [1.165, 1.54) is 28.7 Å². The zero-order valence-electron chi connectivity index (χ0n) is 13.1. The van der Waals surface area contributed by atoms with Crippen molar-refractivity contribution in [2.24, 2.45) is 0 Å². The van der Waals surface area contributed by atoms with E-state index in [0.717, 1.165) is 6.42 Å². The number of sulfonamides is 1. The largest absolute Gasteiger partial charge is 0.307 e. The summed E-state index contributed by atoms with van der Waals surface area (Å²) >= 11 is 11.9. The van der Waals surface area contributed by atoms with E-state index in [1.54, 1.807) is 12.1 Å². The summed E-state index contributed by atoms with van der Waals surface area (Å²) in [5.74, 6) is 0.00712. The van der Waals surface area contributed by atoms with Crippen LogP contribution in [0.5, 0.6) is 0 Å². The fourth-order valence-corrected chi connectivity index (χ4v) is 4.57. The number of anilines is 2. The second kappa shape index (κ2) is 7.19. The molecule has 0 spiro atoms. The predicted molar refractivity (Wildman–Crippen MR) is 99.0 cm³/mol. The van der Waals surface area contributed by atoms with E-state index in [0.29, 0.717) is 29.5 Å². The Morgan fingerprint density at radius 2 is 1.96 bits per heavy atom. The highest BCUT2D eigenvalue weighted by Gasteiger charge is 2.28. The molecular formula is C16H15Cl2N3O3S. The number of nitrogens with one attached hydrogen (secondary N) is 1. The van der Waals surface area contributed by atoms with Gasteiger partial charge in [0.25, 0.3) is 5.91 Å². The molecule has 1 N–H and O–H groups in total. The summed E-state index contributed by atoms with van der Waals surface area (Å²) in [5.41, 5.74) is 0.606. The molecule has 0 atom stereocenters. The average molecular weight is 400 g/mol. The molecule has 1 aromatic heterocycles. The number of nitrogens with zero attached hydrogens (tertiary/aromatic N) is 2. The molecule has 9 heteroatoms. The molecule has 1 saturated heterocycles. The van der Waals surface area contributed by atoms with Crippen molar-refractivity contribution in [3.05, 3.63) is 52.1 Å². The van der Waals surface area contributed by atoms with Gasteiger partial charge in [-0.2, -0.15) is 0 Å². The number of carbonyl (C=O) groups excluding carboxylic acids is 1. The zero-order valence-corrected chi connectivity index (χ0v) is 15.4. The highest BCUT2D eigenvalue weighted by atomic mass is 35.5. The van der Waals surface area contributed by atoms with E-state index in [2.05, 4.69) is 10.3 Å². The monoisotopic (exact) mass is 399 g/mol. The van der Waals surface area contributed by atoms with Crippen LogP contribution in [0.1, 0.15) is 23.2 Å². The molecule has 3 rings (SSSR count). The summed E-state index contributed by atoms with van der Waals surface area (Å²) in [6.45, 7) is 0.353. The minimum Gasteiger partial charge on any atom is -0.307 e. The third-order valence-electron chi connectivity index (χ3n) is 3.80. The van der Waals surface area contributed by atoms with Crippen LogP contribution in [-0.4, -0.2) is 31.6 Å². The molecule has 0 aliphatic carbocycles. The first-order chi connectivity index (χ1) is 11.9. The maximum Gasteiger partial charge on any atom is 0.256 e. The molecule has 1 amide bonds. The van der Waals surface area contributed by atoms with E-state index in [-0.39, 0.29) is 16.3 Å². The molecule has 0 bridgehead atoms. The second-order valence-electron chi connectivity index (χ2n) is 5.58. The van der Waals surface area contributed by atoms with E-state index >= 15 is 0 Å². The summed E-state index contributed by atoms with van der Waals surface area (Å²) in [6, 6.07) is 7.72. The Balaban J connectivity index is 1.88. The van der Waals surface area contributed by atoms with E-state index in [4.69, 9.17) is 23.2 Å². The van der Waals surface area contributed by atoms with E-state index < -0.39 is 15.9 Å². The summed E-state index contributed by atoms with van der Waals surface area (Å²) in [5, 5.41) is 3.38. The van der Waals surface area contributed by atoms with Gasteiger partial charge in [0.1, 0.15) is 5.82 Å². The van der Waals surface area contributed by atoms with Crippen molar-refractivity contribution >= 4 is 50.6 Å². The molecule has 1 aromatic carbocycles. The molecule has 0 radical (unpaired) electrons. The lowest BCUT2D eigenvalue weighted by Gasteiger charge is -2.29. The molecule has 2 aromatic rings. The maximum absolute atomic E-state index is 12.4. The van der Waals surface area contributed by atoms with Gasteiger partial charge in [0, 0.05) is 18.3 Å². The first-order valence-corrected chi connectivity index (χ1v) is 9.96. The first-order valence-electron chi connectivity index (χ1n) is 7.60. The van der Waals surface area contributed by atoms with Crippen molar-refractivity contribution < 1.29 is 13.2 Å². The third kappa shape index (κ3) is 4.05. The van der Waals surface area contributed by atoms with Gasteiger partial charge >= 0.3 is 0 Å². The van der Waals surface area contributed by atoms with Gasteiger partial charge in [-0.1, -0.05) is 23.2 Å². The van der Waals surface area contributed by atoms with Crippen molar-refractivity contribution in [1.82, 2.24) is 4.98 Å². The summed E-state index contributed by atoms with van der Waals surface area (Å²) in [7, 11) is -3.42. The normalized spacial score (nSPS) is 16.5. The van der Waals surface area contributed by atoms with Gasteiger partial charge in [0.05, 0.1) is 21.5 Å². The lowest BCUT2D eigenvalue weighted by atomic mass is 10.1. The average Bonchev–Trinajstić information content (AvgIpc) is 2.57. The maximum atomic E-state index is 12.4. The van der Waals surface area contributed by atoms with Crippen molar-refractivity contribution in [2.45, 2.75) is 12.8 Å². The van der Waals surface area contributed by atoms with E-state index in [1.807, 2.05) is 0 Å². The Hall–Kier alpha value is -1.83. The Labute approximate surface area is 155 Å². The van der Waals surface area contributed by atoms with Crippen LogP contribution >= 0.6 is 23.2 Å². The van der Waals surface area contributed by atoms with Crippen LogP contribution in [0.2, 0.25) is 10.0 Å². The number of amides is 1. The van der Waals surface area contributed by atoms with Crippen molar-refractivity contribution in [2.75, 3.05) is 21.9 Å². The predicted octanol–water partition coefficient (Wildman–Crippen LogP) is 3.57. The van der Waals surface area contributed by atoms with Crippen LogP contribution < -0.4 is 9.62 Å². The molecule has 0 unspecified atom stereocenters. The Bertz CT molecular complexity index is 901. The van der Waals surface area contributed by atoms with Crippen LogP contribution in [0.15, 0.2) is 36.5 Å². The SMILES string of the molecule is O=C(Nc1ccc(Cl)cn1)c1ccc(Cl)c(N2CCCCS2(=O)=O)c1. The smallest absolute Gasteiger partial charge is 0.256 e. The van der Waals surface area contributed by atoms with Gasteiger partial charge < -0.3 is 5.32 Å². The summed E-state index contributed by atoms with van der Waals surface area (Å²) in [4.78, 5) is 16.4. The van der Waals surface area contributed by atoms with Gasteiger partial charge in [-0.25, -0.2) is 13.4 Å². The Morgan fingerprint density at radius 3 is 2.64 bits per heavy atom. The number of hydrogen-bond acceptors (Lipinski definition) is 4.